The minimum atomic E-state index is -3.08. The van der Waals surface area contributed by atoms with Crippen molar-refractivity contribution < 1.29 is 23.1 Å². The van der Waals surface area contributed by atoms with Crippen molar-refractivity contribution in [3.63, 3.8) is 0 Å². The highest BCUT2D eigenvalue weighted by Crippen LogP contribution is 2.34. The summed E-state index contributed by atoms with van der Waals surface area (Å²) < 4.78 is 22.9. The van der Waals surface area contributed by atoms with Crippen molar-refractivity contribution in [1.82, 2.24) is 9.80 Å². The molecule has 0 aliphatic carbocycles. The van der Waals surface area contributed by atoms with Crippen LogP contribution in [0.2, 0.25) is 0 Å². The Morgan fingerprint density at radius 2 is 1.91 bits per heavy atom. The van der Waals surface area contributed by atoms with Gasteiger partial charge in [-0.1, -0.05) is 0 Å². The summed E-state index contributed by atoms with van der Waals surface area (Å²) >= 11 is 1.50. The van der Waals surface area contributed by atoms with Crippen LogP contribution in [0, 0.1) is 0 Å². The zero-order valence-corrected chi connectivity index (χ0v) is 13.4. The Morgan fingerprint density at radius 3 is 2.55 bits per heavy atom. The third-order valence-corrected chi connectivity index (χ3v) is 6.67. The number of hydrogen-bond donors (Lipinski definition) is 1. The zero-order valence-electron chi connectivity index (χ0n) is 11.8. The number of amides is 2. The van der Waals surface area contributed by atoms with Gasteiger partial charge in [0.05, 0.1) is 11.5 Å². The molecule has 1 aromatic heterocycles. The van der Waals surface area contributed by atoms with Crippen molar-refractivity contribution in [1.29, 1.82) is 0 Å². The van der Waals surface area contributed by atoms with E-state index in [0.29, 0.717) is 18.5 Å². The summed E-state index contributed by atoms with van der Waals surface area (Å²) in [7, 11) is -3.08. The fourth-order valence-corrected chi connectivity index (χ4v) is 4.98. The lowest BCUT2D eigenvalue weighted by Crippen LogP contribution is -2.53. The molecule has 0 spiro atoms. The summed E-state index contributed by atoms with van der Waals surface area (Å²) in [6.45, 7) is 0.591. The van der Waals surface area contributed by atoms with E-state index >= 15 is 0 Å². The second-order valence-corrected chi connectivity index (χ2v) is 8.71. The van der Waals surface area contributed by atoms with E-state index in [9.17, 15) is 23.1 Å². The Balaban J connectivity index is 1.82. The lowest BCUT2D eigenvalue weighted by Gasteiger charge is -2.38. The van der Waals surface area contributed by atoms with Crippen LogP contribution in [0.25, 0.3) is 0 Å². The number of nitrogens with zero attached hydrogens (tertiary/aromatic N) is 2. The summed E-state index contributed by atoms with van der Waals surface area (Å²) in [5.41, 5.74) is 0.668. The molecule has 2 amide bonds. The van der Waals surface area contributed by atoms with Crippen LogP contribution in [0.4, 0.5) is 4.79 Å². The van der Waals surface area contributed by atoms with E-state index < -0.39 is 21.8 Å². The number of carbonyl (C=O) groups is 2. The first-order chi connectivity index (χ1) is 10.4. The molecular weight excluding hydrogens is 328 g/mol. The first kappa shape index (κ1) is 15.3. The average Bonchev–Trinajstić information content (AvgIpc) is 2.93. The minimum absolute atomic E-state index is 0.0615. The van der Waals surface area contributed by atoms with Crippen LogP contribution in [0.15, 0.2) is 11.4 Å². The Bertz CT molecular complexity index is 698. The smallest absolute Gasteiger partial charge is 0.331 e. The summed E-state index contributed by atoms with van der Waals surface area (Å²) in [4.78, 5) is 28.0. The van der Waals surface area contributed by atoms with E-state index in [1.165, 1.54) is 21.1 Å². The van der Waals surface area contributed by atoms with Crippen LogP contribution in [-0.2, 0) is 21.1 Å². The Kier molecular flexibility index (Phi) is 3.85. The molecule has 3 rings (SSSR count). The molecule has 3 heterocycles. The Hall–Kier alpha value is -1.61. The first-order valence-corrected chi connectivity index (χ1v) is 9.64. The van der Waals surface area contributed by atoms with E-state index in [-0.39, 0.29) is 30.6 Å². The number of carboxylic acid groups (broad SMARTS) is 1. The van der Waals surface area contributed by atoms with E-state index in [1.807, 2.05) is 5.38 Å². The van der Waals surface area contributed by atoms with Gasteiger partial charge in [-0.2, -0.15) is 0 Å². The van der Waals surface area contributed by atoms with Crippen LogP contribution in [0.3, 0.4) is 0 Å². The summed E-state index contributed by atoms with van der Waals surface area (Å²) in [6, 6.07) is 0.374. The highest BCUT2D eigenvalue weighted by molar-refractivity contribution is 7.91. The number of sulfone groups is 1. The van der Waals surface area contributed by atoms with E-state index in [0.717, 1.165) is 4.88 Å². The van der Waals surface area contributed by atoms with Crippen molar-refractivity contribution in [2.24, 2.45) is 0 Å². The molecule has 0 bridgehead atoms. The second-order valence-electron chi connectivity index (χ2n) is 5.40. The van der Waals surface area contributed by atoms with E-state index in [4.69, 9.17) is 0 Å². The van der Waals surface area contributed by atoms with Crippen LogP contribution in [0.5, 0.6) is 0 Å². The first-order valence-electron chi connectivity index (χ1n) is 6.94. The molecule has 9 heteroatoms. The molecule has 2 aliphatic heterocycles. The summed E-state index contributed by atoms with van der Waals surface area (Å²) in [5, 5.41) is 11.3. The molecule has 1 atom stereocenters. The Labute approximate surface area is 132 Å². The van der Waals surface area contributed by atoms with Gasteiger partial charge in [0, 0.05) is 24.5 Å². The topological polar surface area (TPSA) is 95.0 Å². The fraction of sp³-hybridized carbons (Fsp3) is 0.538. The maximum atomic E-state index is 12.6. The molecule has 120 valence electrons. The molecule has 2 aliphatic rings. The van der Waals surface area contributed by atoms with Gasteiger partial charge in [0.25, 0.3) is 0 Å². The lowest BCUT2D eigenvalue weighted by molar-refractivity contribution is -0.143. The minimum Gasteiger partial charge on any atom is -0.479 e. The molecule has 1 aromatic rings. The molecule has 22 heavy (non-hydrogen) atoms. The quantitative estimate of drug-likeness (QED) is 0.804. The van der Waals surface area contributed by atoms with Crippen LogP contribution in [0.1, 0.15) is 16.5 Å². The third-order valence-electron chi connectivity index (χ3n) is 4.06. The SMILES string of the molecule is O=C(O)C1c2ccsc2CCN1C(=O)N1CCS(=O)(=O)CC1. The molecule has 7 nitrogen and oxygen atoms in total. The molecule has 0 aromatic carbocycles. The molecular formula is C13H16N2O5S2. The molecule has 1 fully saturated rings. The fourth-order valence-electron chi connectivity index (χ4n) is 2.87. The van der Waals surface area contributed by atoms with Crippen LogP contribution < -0.4 is 0 Å². The van der Waals surface area contributed by atoms with Crippen LogP contribution >= 0.6 is 11.3 Å². The van der Waals surface area contributed by atoms with Gasteiger partial charge in [0.2, 0.25) is 0 Å². The predicted molar refractivity (Wildman–Crippen MR) is 80.7 cm³/mol. The molecule has 1 unspecified atom stereocenters. The van der Waals surface area contributed by atoms with Gasteiger partial charge >= 0.3 is 12.0 Å². The second kappa shape index (κ2) is 5.54. The van der Waals surface area contributed by atoms with Gasteiger partial charge in [0.15, 0.2) is 15.9 Å². The third kappa shape index (κ3) is 2.70. The van der Waals surface area contributed by atoms with Gasteiger partial charge < -0.3 is 14.9 Å². The molecule has 0 saturated carbocycles. The summed E-state index contributed by atoms with van der Waals surface area (Å²) in [5.74, 6) is -1.18. The predicted octanol–water partition coefficient (Wildman–Crippen LogP) is 0.582. The molecule has 1 N–H and O–H groups in total. The monoisotopic (exact) mass is 344 g/mol. The van der Waals surface area contributed by atoms with Gasteiger partial charge in [0.1, 0.15) is 0 Å². The number of fused-ring (bicyclic) bond motifs is 1. The van der Waals surface area contributed by atoms with Gasteiger partial charge in [-0.3, -0.25) is 0 Å². The van der Waals surface area contributed by atoms with Crippen molar-refractivity contribution in [3.8, 4) is 0 Å². The van der Waals surface area contributed by atoms with Crippen molar-refractivity contribution in [2.45, 2.75) is 12.5 Å². The maximum Gasteiger partial charge on any atom is 0.331 e. The maximum absolute atomic E-state index is 12.6. The largest absolute Gasteiger partial charge is 0.479 e. The van der Waals surface area contributed by atoms with Crippen molar-refractivity contribution >= 4 is 33.2 Å². The van der Waals surface area contributed by atoms with Crippen molar-refractivity contribution in [2.75, 3.05) is 31.1 Å². The van der Waals surface area contributed by atoms with Crippen LogP contribution in [-0.4, -0.2) is 66.5 Å². The Morgan fingerprint density at radius 1 is 1.23 bits per heavy atom. The van der Waals surface area contributed by atoms with Gasteiger partial charge in [-0.05, 0) is 23.4 Å². The summed E-state index contributed by atoms with van der Waals surface area (Å²) in [6.07, 6.45) is 0.634. The number of carboxylic acids is 1. The highest BCUT2D eigenvalue weighted by Gasteiger charge is 2.39. The van der Waals surface area contributed by atoms with E-state index in [2.05, 4.69) is 0 Å². The number of aliphatic carboxylic acids is 1. The van der Waals surface area contributed by atoms with Gasteiger partial charge in [-0.25, -0.2) is 18.0 Å². The van der Waals surface area contributed by atoms with E-state index in [1.54, 1.807) is 6.07 Å². The number of hydrogen-bond acceptors (Lipinski definition) is 5. The normalized spacial score (nSPS) is 23.9. The number of rotatable bonds is 1. The lowest BCUT2D eigenvalue weighted by atomic mass is 10.0. The standard InChI is InChI=1S/C13H16N2O5S2/c16-12(17)11-9-2-6-21-10(9)1-3-15(11)13(18)14-4-7-22(19,20)8-5-14/h2,6,11H,1,3-5,7-8H2,(H,16,17). The molecule has 1 saturated heterocycles. The average molecular weight is 344 g/mol. The number of thiophene rings is 1. The number of carbonyl (C=O) groups excluding carboxylic acids is 1. The molecule has 0 radical (unpaired) electrons. The number of urea groups is 1. The van der Waals surface area contributed by atoms with Crippen molar-refractivity contribution in [3.05, 3.63) is 21.9 Å². The highest BCUT2D eigenvalue weighted by atomic mass is 32.2. The van der Waals surface area contributed by atoms with Gasteiger partial charge in [-0.15, -0.1) is 11.3 Å². The zero-order chi connectivity index (χ0) is 15.9.